The van der Waals surface area contributed by atoms with E-state index in [9.17, 15) is 8.42 Å². The van der Waals surface area contributed by atoms with Gasteiger partial charge >= 0.3 is 0 Å². The molecule has 106 valence electrons. The van der Waals surface area contributed by atoms with Crippen LogP contribution >= 0.6 is 23.2 Å². The Kier molecular flexibility index (Phi) is 4.99. The summed E-state index contributed by atoms with van der Waals surface area (Å²) >= 11 is 11.6. The van der Waals surface area contributed by atoms with Gasteiger partial charge in [-0.3, -0.25) is 0 Å². The fourth-order valence-corrected chi connectivity index (χ4v) is 3.37. The molecule has 1 aromatic carbocycles. The summed E-state index contributed by atoms with van der Waals surface area (Å²) in [4.78, 5) is 3.73. The molecule has 1 heterocycles. The molecule has 0 spiro atoms. The van der Waals surface area contributed by atoms with E-state index in [1.165, 1.54) is 18.3 Å². The summed E-state index contributed by atoms with van der Waals surface area (Å²) < 4.78 is 26.6. The van der Waals surface area contributed by atoms with Crippen LogP contribution < -0.4 is 4.72 Å². The summed E-state index contributed by atoms with van der Waals surface area (Å²) in [6.45, 7) is 0.258. The van der Waals surface area contributed by atoms with Crippen LogP contribution in [0, 0.1) is 0 Å². The molecule has 20 heavy (non-hydrogen) atoms. The largest absolute Gasteiger partial charge is 0.243 e. The number of hydrogen-bond acceptors (Lipinski definition) is 3. The first kappa shape index (κ1) is 15.3. The fraction of sp³-hybridized carbons (Fsp3) is 0.154. The third-order valence-electron chi connectivity index (χ3n) is 2.61. The summed E-state index contributed by atoms with van der Waals surface area (Å²) in [5, 5.41) is 0.586. The average Bonchev–Trinajstić information content (AvgIpc) is 2.39. The normalized spacial score (nSPS) is 11.5. The van der Waals surface area contributed by atoms with Gasteiger partial charge in [0.2, 0.25) is 10.0 Å². The van der Waals surface area contributed by atoms with Crippen molar-refractivity contribution in [2.24, 2.45) is 0 Å². The Bertz CT molecular complexity index is 705. The topological polar surface area (TPSA) is 59.1 Å². The Morgan fingerprint density at radius 3 is 2.65 bits per heavy atom. The minimum Gasteiger partial charge on any atom is -0.243 e. The van der Waals surface area contributed by atoms with Gasteiger partial charge in [-0.2, -0.15) is 0 Å². The molecule has 0 atom stereocenters. The molecule has 7 heteroatoms. The van der Waals surface area contributed by atoms with Gasteiger partial charge in [-0.25, -0.2) is 18.1 Å². The third kappa shape index (κ3) is 3.93. The lowest BCUT2D eigenvalue weighted by Gasteiger charge is -2.07. The van der Waals surface area contributed by atoms with E-state index in [0.717, 1.165) is 5.56 Å². The van der Waals surface area contributed by atoms with E-state index >= 15 is 0 Å². The monoisotopic (exact) mass is 330 g/mol. The first-order valence-corrected chi connectivity index (χ1v) is 8.07. The number of rotatable bonds is 5. The van der Waals surface area contributed by atoms with Gasteiger partial charge in [-0.1, -0.05) is 35.3 Å². The van der Waals surface area contributed by atoms with Crippen LogP contribution in [0.4, 0.5) is 0 Å². The summed E-state index contributed by atoms with van der Waals surface area (Å²) in [6, 6.07) is 10.2. The molecule has 2 rings (SSSR count). The molecule has 1 aromatic heterocycles. The highest BCUT2D eigenvalue weighted by atomic mass is 35.5. The van der Waals surface area contributed by atoms with Gasteiger partial charge in [0.05, 0.1) is 0 Å². The van der Waals surface area contributed by atoms with Gasteiger partial charge in [-0.05, 0) is 36.2 Å². The Morgan fingerprint density at radius 1 is 1.15 bits per heavy atom. The van der Waals surface area contributed by atoms with Gasteiger partial charge in [0.1, 0.15) is 10.0 Å². The maximum atomic E-state index is 12.0. The van der Waals surface area contributed by atoms with Crippen LogP contribution in [0.2, 0.25) is 10.2 Å². The van der Waals surface area contributed by atoms with E-state index in [-0.39, 0.29) is 16.6 Å². The second-order valence-electron chi connectivity index (χ2n) is 4.07. The molecule has 0 aliphatic carbocycles. The minimum absolute atomic E-state index is 0.0206. The van der Waals surface area contributed by atoms with Crippen LogP contribution in [0.1, 0.15) is 5.56 Å². The smallest absolute Gasteiger partial charge is 0.243 e. The zero-order chi connectivity index (χ0) is 14.6. The lowest BCUT2D eigenvalue weighted by Crippen LogP contribution is -2.26. The van der Waals surface area contributed by atoms with Crippen molar-refractivity contribution in [3.8, 4) is 0 Å². The molecule has 0 bridgehead atoms. The minimum atomic E-state index is -3.65. The van der Waals surface area contributed by atoms with Crippen LogP contribution in [0.25, 0.3) is 0 Å². The predicted octanol–water partition coefficient (Wildman–Crippen LogP) is 2.91. The maximum absolute atomic E-state index is 12.0. The van der Waals surface area contributed by atoms with Gasteiger partial charge < -0.3 is 0 Å². The van der Waals surface area contributed by atoms with Crippen LogP contribution in [0.15, 0.2) is 47.5 Å². The number of hydrogen-bond donors (Lipinski definition) is 1. The molecule has 0 saturated heterocycles. The number of nitrogens with zero attached hydrogens (tertiary/aromatic N) is 1. The van der Waals surface area contributed by atoms with Crippen molar-refractivity contribution in [3.63, 3.8) is 0 Å². The van der Waals surface area contributed by atoms with Crippen LogP contribution in [0.3, 0.4) is 0 Å². The van der Waals surface area contributed by atoms with E-state index in [4.69, 9.17) is 23.2 Å². The number of nitrogens with one attached hydrogen (secondary N) is 1. The lowest BCUT2D eigenvalue weighted by molar-refractivity contribution is 0.581. The van der Waals surface area contributed by atoms with E-state index in [1.54, 1.807) is 12.1 Å². The molecule has 0 amide bonds. The van der Waals surface area contributed by atoms with Crippen molar-refractivity contribution in [2.75, 3.05) is 6.54 Å². The van der Waals surface area contributed by atoms with Gasteiger partial charge in [0.15, 0.2) is 0 Å². The number of sulfonamides is 1. The highest BCUT2D eigenvalue weighted by molar-refractivity contribution is 7.89. The van der Waals surface area contributed by atoms with Crippen molar-refractivity contribution in [1.29, 1.82) is 0 Å². The summed E-state index contributed by atoms with van der Waals surface area (Å²) in [7, 11) is -3.65. The number of aromatic nitrogens is 1. The second kappa shape index (κ2) is 6.54. The molecule has 4 nitrogen and oxygen atoms in total. The van der Waals surface area contributed by atoms with Crippen molar-refractivity contribution < 1.29 is 8.42 Å². The molecule has 0 aliphatic heterocycles. The van der Waals surface area contributed by atoms with Crippen molar-refractivity contribution >= 4 is 33.2 Å². The zero-order valence-electron chi connectivity index (χ0n) is 10.4. The summed E-state index contributed by atoms with van der Waals surface area (Å²) in [5.74, 6) is 0. The quantitative estimate of drug-likeness (QED) is 0.857. The molecule has 1 N–H and O–H groups in total. The molecular weight excluding hydrogens is 319 g/mol. The first-order chi connectivity index (χ1) is 9.49. The number of pyridine rings is 1. The molecule has 0 fully saturated rings. The van der Waals surface area contributed by atoms with E-state index in [0.29, 0.717) is 11.4 Å². The lowest BCUT2D eigenvalue weighted by atomic mass is 10.2. The summed E-state index contributed by atoms with van der Waals surface area (Å²) in [5.41, 5.74) is 0.956. The van der Waals surface area contributed by atoms with Gasteiger partial charge in [-0.15, -0.1) is 0 Å². The van der Waals surface area contributed by atoms with E-state index < -0.39 is 10.0 Å². The maximum Gasteiger partial charge on any atom is 0.243 e. The SMILES string of the molecule is O=S(=O)(NCCc1cccc(Cl)c1)c1cccnc1Cl. The average molecular weight is 331 g/mol. The molecule has 0 unspecified atom stereocenters. The molecule has 0 saturated carbocycles. The highest BCUT2D eigenvalue weighted by Crippen LogP contribution is 2.17. The molecule has 0 aliphatic rings. The fourth-order valence-electron chi connectivity index (χ4n) is 1.67. The summed E-state index contributed by atoms with van der Waals surface area (Å²) in [6.07, 6.45) is 1.98. The van der Waals surface area contributed by atoms with E-state index in [2.05, 4.69) is 9.71 Å². The zero-order valence-corrected chi connectivity index (χ0v) is 12.7. The van der Waals surface area contributed by atoms with Crippen LogP contribution in [-0.2, 0) is 16.4 Å². The van der Waals surface area contributed by atoms with Crippen molar-refractivity contribution in [2.45, 2.75) is 11.3 Å². The van der Waals surface area contributed by atoms with Gasteiger partial charge in [0.25, 0.3) is 0 Å². The Morgan fingerprint density at radius 2 is 1.95 bits per heavy atom. The number of benzene rings is 1. The third-order valence-corrected chi connectivity index (χ3v) is 4.75. The highest BCUT2D eigenvalue weighted by Gasteiger charge is 2.17. The first-order valence-electron chi connectivity index (χ1n) is 5.84. The molecule has 0 radical (unpaired) electrons. The van der Waals surface area contributed by atoms with E-state index in [1.807, 2.05) is 12.1 Å². The standard InChI is InChI=1S/C13H12Cl2N2O2S/c14-11-4-1-3-10(9-11)6-8-17-20(18,19)12-5-2-7-16-13(12)15/h1-5,7,9,17H,6,8H2. The Balaban J connectivity index is 2.02. The van der Waals surface area contributed by atoms with Crippen molar-refractivity contribution in [1.82, 2.24) is 9.71 Å². The Labute approximate surface area is 127 Å². The van der Waals surface area contributed by atoms with Crippen LogP contribution in [0.5, 0.6) is 0 Å². The Hall–Kier alpha value is -1.14. The number of halogens is 2. The molecular formula is C13H12Cl2N2O2S. The molecule has 2 aromatic rings. The van der Waals surface area contributed by atoms with Crippen molar-refractivity contribution in [3.05, 3.63) is 58.3 Å². The van der Waals surface area contributed by atoms with Gasteiger partial charge in [0, 0.05) is 17.8 Å². The predicted molar refractivity (Wildman–Crippen MR) is 79.6 cm³/mol. The van der Waals surface area contributed by atoms with Crippen LogP contribution in [-0.4, -0.2) is 19.9 Å². The second-order valence-corrected chi connectivity index (χ2v) is 6.60.